The first-order chi connectivity index (χ1) is 11.1. The van der Waals surface area contributed by atoms with Crippen LogP contribution >= 0.6 is 11.3 Å². The molecule has 1 aliphatic rings. The SMILES string of the molecule is Cc1ncsc1CN1CCC(Nc2ccnc(N(C)C)n2)CC1. The van der Waals surface area contributed by atoms with E-state index >= 15 is 0 Å². The normalized spacial score (nSPS) is 16.5. The molecule has 0 aromatic carbocycles. The largest absolute Gasteiger partial charge is 0.367 e. The van der Waals surface area contributed by atoms with Crippen molar-refractivity contribution in [3.05, 3.63) is 28.3 Å². The summed E-state index contributed by atoms with van der Waals surface area (Å²) in [5.41, 5.74) is 3.11. The summed E-state index contributed by atoms with van der Waals surface area (Å²) >= 11 is 1.76. The summed E-state index contributed by atoms with van der Waals surface area (Å²) in [7, 11) is 3.91. The Balaban J connectivity index is 1.51. The number of nitrogens with one attached hydrogen (secondary N) is 1. The molecule has 23 heavy (non-hydrogen) atoms. The van der Waals surface area contributed by atoms with E-state index < -0.39 is 0 Å². The molecule has 6 nitrogen and oxygen atoms in total. The molecule has 3 heterocycles. The van der Waals surface area contributed by atoms with Crippen molar-refractivity contribution in [2.24, 2.45) is 0 Å². The summed E-state index contributed by atoms with van der Waals surface area (Å²) in [4.78, 5) is 19.0. The van der Waals surface area contributed by atoms with E-state index in [1.165, 1.54) is 10.6 Å². The van der Waals surface area contributed by atoms with Crippen molar-refractivity contribution < 1.29 is 0 Å². The summed E-state index contributed by atoms with van der Waals surface area (Å²) in [6.07, 6.45) is 4.09. The summed E-state index contributed by atoms with van der Waals surface area (Å²) in [6, 6.07) is 2.43. The molecular formula is C16H24N6S. The molecule has 124 valence electrons. The van der Waals surface area contributed by atoms with E-state index in [0.29, 0.717) is 6.04 Å². The topological polar surface area (TPSA) is 57.2 Å². The van der Waals surface area contributed by atoms with Crippen molar-refractivity contribution in [1.82, 2.24) is 19.9 Å². The fourth-order valence-electron chi connectivity index (χ4n) is 2.77. The summed E-state index contributed by atoms with van der Waals surface area (Å²) in [5.74, 6) is 1.66. The Morgan fingerprint density at radius 1 is 1.30 bits per heavy atom. The van der Waals surface area contributed by atoms with Crippen molar-refractivity contribution in [1.29, 1.82) is 0 Å². The van der Waals surface area contributed by atoms with Crippen LogP contribution in [0.1, 0.15) is 23.4 Å². The molecule has 0 saturated carbocycles. The Kier molecular flexibility index (Phi) is 5.07. The average Bonchev–Trinajstić information content (AvgIpc) is 2.95. The van der Waals surface area contributed by atoms with Gasteiger partial charge in [-0.05, 0) is 25.8 Å². The van der Waals surface area contributed by atoms with Gasteiger partial charge in [-0.15, -0.1) is 11.3 Å². The second kappa shape index (κ2) is 7.23. The smallest absolute Gasteiger partial charge is 0.226 e. The van der Waals surface area contributed by atoms with Crippen LogP contribution in [-0.4, -0.2) is 53.1 Å². The molecule has 0 radical (unpaired) electrons. The highest BCUT2D eigenvalue weighted by Crippen LogP contribution is 2.20. The molecule has 0 spiro atoms. The third kappa shape index (κ3) is 4.17. The number of rotatable bonds is 5. The maximum absolute atomic E-state index is 4.54. The van der Waals surface area contributed by atoms with E-state index in [2.05, 4.69) is 32.1 Å². The van der Waals surface area contributed by atoms with Crippen molar-refractivity contribution in [2.45, 2.75) is 32.4 Å². The number of piperidine rings is 1. The lowest BCUT2D eigenvalue weighted by Gasteiger charge is -2.32. The van der Waals surface area contributed by atoms with Crippen molar-refractivity contribution in [2.75, 3.05) is 37.4 Å². The minimum absolute atomic E-state index is 0.485. The monoisotopic (exact) mass is 332 g/mol. The minimum Gasteiger partial charge on any atom is -0.367 e. The zero-order chi connectivity index (χ0) is 16.2. The third-order valence-electron chi connectivity index (χ3n) is 4.19. The van der Waals surface area contributed by atoms with Gasteiger partial charge in [-0.2, -0.15) is 4.98 Å². The number of aryl methyl sites for hydroxylation is 1. The lowest BCUT2D eigenvalue weighted by molar-refractivity contribution is 0.212. The van der Waals surface area contributed by atoms with Crippen molar-refractivity contribution >= 4 is 23.1 Å². The number of anilines is 2. The molecule has 0 unspecified atom stereocenters. The van der Waals surface area contributed by atoms with Crippen LogP contribution in [0.5, 0.6) is 0 Å². The molecule has 0 amide bonds. The molecule has 1 aliphatic heterocycles. The summed E-state index contributed by atoms with van der Waals surface area (Å²) in [6.45, 7) is 5.35. The van der Waals surface area contributed by atoms with Gasteiger partial charge in [0.2, 0.25) is 5.95 Å². The van der Waals surface area contributed by atoms with Crippen LogP contribution in [0.2, 0.25) is 0 Å². The summed E-state index contributed by atoms with van der Waals surface area (Å²) < 4.78 is 0. The number of aromatic nitrogens is 3. The van der Waals surface area contributed by atoms with Gasteiger partial charge in [-0.3, -0.25) is 4.90 Å². The molecular weight excluding hydrogens is 308 g/mol. The Morgan fingerprint density at radius 3 is 2.74 bits per heavy atom. The predicted octanol–water partition coefficient (Wildman–Crippen LogP) is 2.38. The fraction of sp³-hybridized carbons (Fsp3) is 0.562. The average molecular weight is 332 g/mol. The van der Waals surface area contributed by atoms with Gasteiger partial charge in [-0.25, -0.2) is 9.97 Å². The number of likely N-dealkylation sites (tertiary alicyclic amines) is 1. The van der Waals surface area contributed by atoms with Crippen molar-refractivity contribution in [3.8, 4) is 0 Å². The zero-order valence-electron chi connectivity index (χ0n) is 14.0. The van der Waals surface area contributed by atoms with Gasteiger partial charge in [0, 0.05) is 50.8 Å². The first-order valence-electron chi connectivity index (χ1n) is 8.00. The lowest BCUT2D eigenvalue weighted by atomic mass is 10.0. The molecule has 2 aromatic rings. The molecule has 1 saturated heterocycles. The lowest BCUT2D eigenvalue weighted by Crippen LogP contribution is -2.38. The van der Waals surface area contributed by atoms with Gasteiger partial charge in [-0.1, -0.05) is 0 Å². The highest BCUT2D eigenvalue weighted by atomic mass is 32.1. The number of hydrogen-bond acceptors (Lipinski definition) is 7. The Hall–Kier alpha value is -1.73. The second-order valence-electron chi connectivity index (χ2n) is 6.19. The Labute approximate surface area is 141 Å². The quantitative estimate of drug-likeness (QED) is 0.907. The van der Waals surface area contributed by atoms with Gasteiger partial charge < -0.3 is 10.2 Å². The van der Waals surface area contributed by atoms with E-state index in [0.717, 1.165) is 44.2 Å². The fourth-order valence-corrected chi connectivity index (χ4v) is 3.59. The molecule has 3 rings (SSSR count). The van der Waals surface area contributed by atoms with Gasteiger partial charge in [0.05, 0.1) is 11.2 Å². The third-order valence-corrected chi connectivity index (χ3v) is 5.11. The summed E-state index contributed by atoms with van der Waals surface area (Å²) in [5, 5.41) is 3.55. The maximum Gasteiger partial charge on any atom is 0.226 e. The van der Waals surface area contributed by atoms with Crippen LogP contribution in [0.25, 0.3) is 0 Å². The van der Waals surface area contributed by atoms with Crippen LogP contribution in [0.4, 0.5) is 11.8 Å². The van der Waals surface area contributed by atoms with Gasteiger partial charge in [0.1, 0.15) is 5.82 Å². The number of thiazole rings is 1. The van der Waals surface area contributed by atoms with Crippen molar-refractivity contribution in [3.63, 3.8) is 0 Å². The van der Waals surface area contributed by atoms with E-state index in [9.17, 15) is 0 Å². The van der Waals surface area contributed by atoms with Crippen LogP contribution in [0, 0.1) is 6.92 Å². The Bertz CT molecular complexity index is 633. The zero-order valence-corrected chi connectivity index (χ0v) is 14.8. The molecule has 1 fully saturated rings. The van der Waals surface area contributed by atoms with Crippen LogP contribution < -0.4 is 10.2 Å². The molecule has 7 heteroatoms. The minimum atomic E-state index is 0.485. The van der Waals surface area contributed by atoms with E-state index in [1.54, 1.807) is 11.3 Å². The Morgan fingerprint density at radius 2 is 2.09 bits per heavy atom. The van der Waals surface area contributed by atoms with Crippen LogP contribution in [0.15, 0.2) is 17.8 Å². The molecule has 0 bridgehead atoms. The number of nitrogens with zero attached hydrogens (tertiary/aromatic N) is 5. The van der Waals surface area contributed by atoms with Gasteiger partial charge in [0.15, 0.2) is 0 Å². The first kappa shape index (κ1) is 16.1. The maximum atomic E-state index is 4.54. The second-order valence-corrected chi connectivity index (χ2v) is 7.13. The highest BCUT2D eigenvalue weighted by molar-refractivity contribution is 7.09. The van der Waals surface area contributed by atoms with Crippen LogP contribution in [-0.2, 0) is 6.54 Å². The molecule has 2 aromatic heterocycles. The van der Waals surface area contributed by atoms with E-state index in [4.69, 9.17) is 0 Å². The van der Waals surface area contributed by atoms with Gasteiger partial charge >= 0.3 is 0 Å². The molecule has 0 aliphatic carbocycles. The molecule has 0 atom stereocenters. The first-order valence-corrected chi connectivity index (χ1v) is 8.88. The predicted molar refractivity (Wildman–Crippen MR) is 95.1 cm³/mol. The standard InChI is InChI=1S/C16H24N6S/c1-12-14(23-11-18-12)10-22-8-5-13(6-9-22)19-15-4-7-17-16(20-15)21(2)3/h4,7,11,13H,5-6,8-10H2,1-3H3,(H,17,19,20). The van der Waals surface area contributed by atoms with Gasteiger partial charge in [0.25, 0.3) is 0 Å². The highest BCUT2D eigenvalue weighted by Gasteiger charge is 2.20. The van der Waals surface area contributed by atoms with E-state index in [1.807, 2.05) is 36.8 Å². The molecule has 1 N–H and O–H groups in total. The number of hydrogen-bond donors (Lipinski definition) is 1. The van der Waals surface area contributed by atoms with Crippen LogP contribution in [0.3, 0.4) is 0 Å². The van der Waals surface area contributed by atoms with E-state index in [-0.39, 0.29) is 0 Å².